The lowest BCUT2D eigenvalue weighted by Gasteiger charge is -2.32. The summed E-state index contributed by atoms with van der Waals surface area (Å²) >= 11 is 6.32. The van der Waals surface area contributed by atoms with Gasteiger partial charge in [0.2, 0.25) is 0 Å². The quantitative estimate of drug-likeness (QED) is 0.815. The first-order chi connectivity index (χ1) is 8.82. The van der Waals surface area contributed by atoms with Gasteiger partial charge in [-0.25, -0.2) is 0 Å². The second-order valence-corrected chi connectivity index (χ2v) is 6.29. The van der Waals surface area contributed by atoms with Crippen molar-refractivity contribution in [2.24, 2.45) is 0 Å². The van der Waals surface area contributed by atoms with Crippen LogP contribution in [0.25, 0.3) is 10.9 Å². The molecule has 0 radical (unpaired) electrons. The topological polar surface area (TPSA) is 47.1 Å². The van der Waals surface area contributed by atoms with Crippen LogP contribution in [0.1, 0.15) is 27.7 Å². The van der Waals surface area contributed by atoms with Gasteiger partial charge in [0, 0.05) is 15.9 Å². The highest BCUT2D eigenvalue weighted by molar-refractivity contribution is 6.68. The molecule has 0 bridgehead atoms. The van der Waals surface area contributed by atoms with E-state index in [1.54, 1.807) is 6.20 Å². The molecule has 1 aliphatic rings. The van der Waals surface area contributed by atoms with Crippen LogP contribution < -0.4 is 5.46 Å². The number of benzene rings is 1. The van der Waals surface area contributed by atoms with Gasteiger partial charge in [0.1, 0.15) is 0 Å². The third-order valence-electron chi connectivity index (χ3n) is 4.10. The van der Waals surface area contributed by atoms with E-state index in [0.717, 1.165) is 16.4 Å². The van der Waals surface area contributed by atoms with Gasteiger partial charge in [-0.15, -0.1) is 0 Å². The Balaban J connectivity index is 2.12. The summed E-state index contributed by atoms with van der Waals surface area (Å²) in [5.41, 5.74) is 1.00. The Labute approximate surface area is 117 Å². The number of fused-ring (bicyclic) bond motifs is 1. The molecule has 2 heterocycles. The molecule has 0 saturated carbocycles. The molecule has 0 unspecified atom stereocenters. The maximum absolute atomic E-state index is 6.32. The van der Waals surface area contributed by atoms with E-state index in [-0.39, 0.29) is 11.2 Å². The smallest absolute Gasteiger partial charge is 0.399 e. The van der Waals surface area contributed by atoms with Gasteiger partial charge in [0.25, 0.3) is 0 Å². The molecule has 1 aromatic carbocycles. The molecule has 1 saturated heterocycles. The molecule has 2 aromatic rings. The highest BCUT2D eigenvalue weighted by atomic mass is 35.5. The Morgan fingerprint density at radius 3 is 2.42 bits per heavy atom. The zero-order valence-electron chi connectivity index (χ0n) is 11.5. The van der Waals surface area contributed by atoms with E-state index in [1.807, 2.05) is 39.8 Å². The minimum atomic E-state index is -0.473. The van der Waals surface area contributed by atoms with Crippen molar-refractivity contribution in [2.75, 3.05) is 0 Å². The van der Waals surface area contributed by atoms with Crippen LogP contribution in [0.3, 0.4) is 0 Å². The molecule has 0 aliphatic carbocycles. The number of rotatable bonds is 1. The maximum atomic E-state index is 6.32. The molecule has 1 aromatic heterocycles. The van der Waals surface area contributed by atoms with Crippen LogP contribution in [0.15, 0.2) is 18.3 Å². The van der Waals surface area contributed by atoms with E-state index in [0.29, 0.717) is 5.02 Å². The van der Waals surface area contributed by atoms with E-state index in [1.165, 1.54) is 0 Å². The number of nitrogens with zero attached hydrogens (tertiary/aromatic N) is 1. The highest BCUT2D eigenvalue weighted by Crippen LogP contribution is 2.37. The maximum Gasteiger partial charge on any atom is 0.497 e. The molecule has 1 N–H and O–H groups in total. The van der Waals surface area contributed by atoms with Crippen molar-refractivity contribution in [1.82, 2.24) is 10.2 Å². The van der Waals surface area contributed by atoms with Gasteiger partial charge in [-0.05, 0) is 39.8 Å². The summed E-state index contributed by atoms with van der Waals surface area (Å²) in [5, 5.41) is 8.55. The Morgan fingerprint density at radius 1 is 1.16 bits per heavy atom. The lowest BCUT2D eigenvalue weighted by molar-refractivity contribution is 0.00578. The van der Waals surface area contributed by atoms with Gasteiger partial charge in [-0.1, -0.05) is 11.6 Å². The highest BCUT2D eigenvalue weighted by Gasteiger charge is 2.52. The summed E-state index contributed by atoms with van der Waals surface area (Å²) in [4.78, 5) is 0. The summed E-state index contributed by atoms with van der Waals surface area (Å²) in [7, 11) is -0.473. The molecule has 0 spiro atoms. The van der Waals surface area contributed by atoms with E-state index in [2.05, 4.69) is 10.2 Å². The molecule has 6 heteroatoms. The predicted molar refractivity (Wildman–Crippen MR) is 76.8 cm³/mol. The minimum absolute atomic E-state index is 0.382. The average Bonchev–Trinajstić information content (AvgIpc) is 2.81. The number of aromatic nitrogens is 2. The Kier molecular flexibility index (Phi) is 2.72. The van der Waals surface area contributed by atoms with Crippen molar-refractivity contribution in [1.29, 1.82) is 0 Å². The lowest BCUT2D eigenvalue weighted by Crippen LogP contribution is -2.41. The third kappa shape index (κ3) is 1.88. The first-order valence-electron chi connectivity index (χ1n) is 6.29. The third-order valence-corrected chi connectivity index (χ3v) is 4.43. The van der Waals surface area contributed by atoms with Gasteiger partial charge in [-0.2, -0.15) is 5.10 Å². The summed E-state index contributed by atoms with van der Waals surface area (Å²) < 4.78 is 12.1. The number of H-pyrrole nitrogens is 1. The molecule has 100 valence electrons. The number of halogens is 1. The van der Waals surface area contributed by atoms with Crippen LogP contribution in [0.5, 0.6) is 0 Å². The Hall–Kier alpha value is -1.04. The van der Waals surface area contributed by atoms with Gasteiger partial charge in [-0.3, -0.25) is 5.10 Å². The fourth-order valence-electron chi connectivity index (χ4n) is 2.21. The molecule has 1 fully saturated rings. The molecule has 3 rings (SSSR count). The zero-order chi connectivity index (χ0) is 13.8. The molecule has 0 amide bonds. The second-order valence-electron chi connectivity index (χ2n) is 5.88. The SMILES string of the molecule is CC1(C)OB(c2c(Cl)ccc3[nH]ncc23)OC1(C)C. The van der Waals surface area contributed by atoms with Crippen molar-refractivity contribution < 1.29 is 9.31 Å². The zero-order valence-corrected chi connectivity index (χ0v) is 12.2. The average molecular weight is 279 g/mol. The number of aromatic amines is 1. The van der Waals surface area contributed by atoms with Crippen LogP contribution in [-0.2, 0) is 9.31 Å². The molecule has 19 heavy (non-hydrogen) atoms. The fraction of sp³-hybridized carbons (Fsp3) is 0.462. The van der Waals surface area contributed by atoms with Crippen molar-refractivity contribution in [2.45, 2.75) is 38.9 Å². The van der Waals surface area contributed by atoms with E-state index >= 15 is 0 Å². The van der Waals surface area contributed by atoms with Crippen molar-refractivity contribution >= 4 is 35.1 Å². The Bertz CT molecular complexity index is 623. The number of hydrogen-bond acceptors (Lipinski definition) is 3. The van der Waals surface area contributed by atoms with Crippen LogP contribution in [-0.4, -0.2) is 28.5 Å². The van der Waals surface area contributed by atoms with E-state index in [9.17, 15) is 0 Å². The van der Waals surface area contributed by atoms with E-state index < -0.39 is 7.12 Å². The number of nitrogens with one attached hydrogen (secondary N) is 1. The van der Waals surface area contributed by atoms with Crippen LogP contribution in [0.4, 0.5) is 0 Å². The van der Waals surface area contributed by atoms with Crippen LogP contribution in [0, 0.1) is 0 Å². The summed E-state index contributed by atoms with van der Waals surface area (Å²) in [6.07, 6.45) is 1.75. The molecular weight excluding hydrogens is 262 g/mol. The van der Waals surface area contributed by atoms with E-state index in [4.69, 9.17) is 20.9 Å². The first-order valence-corrected chi connectivity index (χ1v) is 6.67. The summed E-state index contributed by atoms with van der Waals surface area (Å²) in [6.45, 7) is 8.10. The van der Waals surface area contributed by atoms with Gasteiger partial charge in [0.15, 0.2) is 0 Å². The standard InChI is InChI=1S/C13H16BClN2O2/c1-12(2)13(3,4)19-14(18-12)11-8-7-16-17-10(8)6-5-9(11)15/h5-7H,1-4H3,(H,16,17). The summed E-state index contributed by atoms with van der Waals surface area (Å²) in [6, 6.07) is 3.74. The molecule has 1 aliphatic heterocycles. The normalized spacial score (nSPS) is 21.2. The summed E-state index contributed by atoms with van der Waals surface area (Å²) in [5.74, 6) is 0. The van der Waals surface area contributed by atoms with Crippen LogP contribution in [0.2, 0.25) is 5.02 Å². The lowest BCUT2D eigenvalue weighted by atomic mass is 9.77. The molecular formula is C13H16BClN2O2. The fourth-order valence-corrected chi connectivity index (χ4v) is 2.47. The predicted octanol–water partition coefficient (Wildman–Crippen LogP) is 2.52. The molecule has 0 atom stereocenters. The van der Waals surface area contributed by atoms with Crippen LogP contribution >= 0.6 is 11.6 Å². The monoisotopic (exact) mass is 278 g/mol. The first kappa shape index (κ1) is 13.0. The van der Waals surface area contributed by atoms with Gasteiger partial charge < -0.3 is 9.31 Å². The number of hydrogen-bond donors (Lipinski definition) is 1. The minimum Gasteiger partial charge on any atom is -0.399 e. The van der Waals surface area contributed by atoms with Gasteiger partial charge in [0.05, 0.1) is 22.9 Å². The van der Waals surface area contributed by atoms with Crippen molar-refractivity contribution in [3.63, 3.8) is 0 Å². The van der Waals surface area contributed by atoms with Gasteiger partial charge >= 0.3 is 7.12 Å². The molecule has 4 nitrogen and oxygen atoms in total. The van der Waals surface area contributed by atoms with Crippen molar-refractivity contribution in [3.8, 4) is 0 Å². The van der Waals surface area contributed by atoms with Crippen molar-refractivity contribution in [3.05, 3.63) is 23.4 Å². The largest absolute Gasteiger partial charge is 0.497 e. The second kappa shape index (κ2) is 3.98. The Morgan fingerprint density at radius 2 is 1.79 bits per heavy atom.